The fourth-order valence-corrected chi connectivity index (χ4v) is 3.45. The van der Waals surface area contributed by atoms with Crippen molar-refractivity contribution in [2.24, 2.45) is 5.92 Å². The molecule has 1 aromatic carbocycles. The van der Waals surface area contributed by atoms with Gasteiger partial charge in [-0.15, -0.1) is 0 Å². The molecular formula is C18H24N2O2. The average molecular weight is 300 g/mol. The van der Waals surface area contributed by atoms with Gasteiger partial charge in [0.05, 0.1) is 6.42 Å². The molecule has 1 aromatic heterocycles. The predicted octanol–water partition coefficient (Wildman–Crippen LogP) is 2.64. The number of hydrogen-bond donors (Lipinski definition) is 2. The van der Waals surface area contributed by atoms with Crippen LogP contribution in [0.15, 0.2) is 24.4 Å². The second kappa shape index (κ2) is 6.13. The van der Waals surface area contributed by atoms with Gasteiger partial charge in [-0.1, -0.05) is 18.2 Å². The Labute approximate surface area is 131 Å². The number of benzene rings is 1. The second-order valence-corrected chi connectivity index (χ2v) is 6.51. The number of likely N-dealkylation sites (tertiary alicyclic amines) is 1. The molecule has 2 unspecified atom stereocenters. The van der Waals surface area contributed by atoms with Crippen LogP contribution in [-0.4, -0.2) is 40.1 Å². The van der Waals surface area contributed by atoms with E-state index in [2.05, 4.69) is 31.0 Å². The zero-order valence-corrected chi connectivity index (χ0v) is 13.3. The van der Waals surface area contributed by atoms with Crippen molar-refractivity contribution in [3.05, 3.63) is 35.5 Å². The van der Waals surface area contributed by atoms with E-state index in [9.17, 15) is 9.90 Å². The van der Waals surface area contributed by atoms with E-state index in [1.54, 1.807) is 0 Å². The van der Waals surface area contributed by atoms with Crippen molar-refractivity contribution in [2.45, 2.75) is 39.2 Å². The van der Waals surface area contributed by atoms with Gasteiger partial charge in [-0.2, -0.15) is 0 Å². The van der Waals surface area contributed by atoms with Crippen LogP contribution in [0.3, 0.4) is 0 Å². The van der Waals surface area contributed by atoms with E-state index in [1.165, 1.54) is 5.56 Å². The highest BCUT2D eigenvalue weighted by Gasteiger charge is 2.28. The number of nitrogens with one attached hydrogen (secondary N) is 1. The lowest BCUT2D eigenvalue weighted by atomic mass is 9.93. The summed E-state index contributed by atoms with van der Waals surface area (Å²) in [6, 6.07) is 6.44. The number of aliphatic hydroxyl groups is 1. The maximum atomic E-state index is 12.7. The van der Waals surface area contributed by atoms with E-state index in [0.29, 0.717) is 13.0 Å². The molecule has 0 saturated carbocycles. The van der Waals surface area contributed by atoms with Crippen LogP contribution in [0.4, 0.5) is 0 Å². The number of aromatic nitrogens is 1. The molecule has 4 nitrogen and oxygen atoms in total. The summed E-state index contributed by atoms with van der Waals surface area (Å²) in [4.78, 5) is 17.9. The minimum Gasteiger partial charge on any atom is -0.396 e. The molecular weight excluding hydrogens is 276 g/mol. The van der Waals surface area contributed by atoms with Crippen LogP contribution in [-0.2, 0) is 11.2 Å². The number of fused-ring (bicyclic) bond motifs is 1. The van der Waals surface area contributed by atoms with Crippen LogP contribution in [0, 0.1) is 12.8 Å². The number of H-pyrrole nitrogens is 1. The number of aliphatic hydroxyl groups excluding tert-OH is 1. The third kappa shape index (κ3) is 2.75. The molecule has 1 aliphatic heterocycles. The largest absolute Gasteiger partial charge is 0.396 e. The molecule has 2 heterocycles. The Bertz CT molecular complexity index is 677. The number of aromatic amines is 1. The normalized spacial score (nSPS) is 22.2. The Morgan fingerprint density at radius 1 is 1.41 bits per heavy atom. The lowest BCUT2D eigenvalue weighted by molar-refractivity contribution is -0.135. The van der Waals surface area contributed by atoms with Crippen LogP contribution >= 0.6 is 0 Å². The minimum atomic E-state index is 0.160. The van der Waals surface area contributed by atoms with Crippen molar-refractivity contribution in [1.82, 2.24) is 9.88 Å². The lowest BCUT2D eigenvalue weighted by Crippen LogP contribution is -2.46. The molecule has 1 fully saturated rings. The zero-order chi connectivity index (χ0) is 15.7. The molecule has 2 aromatic rings. The maximum absolute atomic E-state index is 12.7. The smallest absolute Gasteiger partial charge is 0.227 e. The molecule has 0 spiro atoms. The number of hydrogen-bond acceptors (Lipinski definition) is 2. The summed E-state index contributed by atoms with van der Waals surface area (Å²) in [5, 5.41) is 10.5. The number of carbonyl (C=O) groups is 1. The molecule has 2 atom stereocenters. The number of carbonyl (C=O) groups excluding carboxylic acids is 1. The van der Waals surface area contributed by atoms with Crippen molar-refractivity contribution in [3.63, 3.8) is 0 Å². The molecule has 4 heteroatoms. The Morgan fingerprint density at radius 2 is 2.23 bits per heavy atom. The Hall–Kier alpha value is -1.81. The first-order valence-electron chi connectivity index (χ1n) is 8.06. The van der Waals surface area contributed by atoms with E-state index in [0.717, 1.165) is 29.3 Å². The quantitative estimate of drug-likeness (QED) is 0.915. The summed E-state index contributed by atoms with van der Waals surface area (Å²) in [5.74, 6) is 0.387. The van der Waals surface area contributed by atoms with Gasteiger partial charge in [-0.3, -0.25) is 4.79 Å². The summed E-state index contributed by atoms with van der Waals surface area (Å²) >= 11 is 0. The van der Waals surface area contributed by atoms with E-state index >= 15 is 0 Å². The second-order valence-electron chi connectivity index (χ2n) is 6.51. The van der Waals surface area contributed by atoms with Gasteiger partial charge >= 0.3 is 0 Å². The van der Waals surface area contributed by atoms with Crippen molar-refractivity contribution in [1.29, 1.82) is 0 Å². The van der Waals surface area contributed by atoms with E-state index in [1.807, 2.05) is 17.2 Å². The summed E-state index contributed by atoms with van der Waals surface area (Å²) in [5.41, 5.74) is 3.37. The van der Waals surface area contributed by atoms with Crippen LogP contribution in [0.25, 0.3) is 10.9 Å². The van der Waals surface area contributed by atoms with Crippen molar-refractivity contribution in [2.75, 3.05) is 13.2 Å². The molecule has 22 heavy (non-hydrogen) atoms. The first-order valence-corrected chi connectivity index (χ1v) is 8.06. The van der Waals surface area contributed by atoms with E-state index in [4.69, 9.17) is 0 Å². The highest BCUT2D eigenvalue weighted by molar-refractivity contribution is 5.90. The van der Waals surface area contributed by atoms with Gasteiger partial charge in [0.2, 0.25) is 5.91 Å². The van der Waals surface area contributed by atoms with Crippen molar-refractivity contribution >= 4 is 16.8 Å². The Balaban J connectivity index is 1.79. The van der Waals surface area contributed by atoms with Crippen molar-refractivity contribution < 1.29 is 9.90 Å². The molecule has 1 aliphatic rings. The fourth-order valence-electron chi connectivity index (χ4n) is 3.45. The SMILES string of the molecule is Cc1cccc2c(CC(=O)N3CC(CO)CCC3C)c[nH]c12. The van der Waals surface area contributed by atoms with Crippen LogP contribution in [0.1, 0.15) is 30.9 Å². The van der Waals surface area contributed by atoms with E-state index in [-0.39, 0.29) is 24.5 Å². The van der Waals surface area contributed by atoms with Gasteiger partial charge in [0.15, 0.2) is 0 Å². The first kappa shape index (κ1) is 15.1. The van der Waals surface area contributed by atoms with E-state index < -0.39 is 0 Å². The minimum absolute atomic E-state index is 0.160. The fraction of sp³-hybridized carbons (Fsp3) is 0.500. The number of piperidine rings is 1. The topological polar surface area (TPSA) is 56.3 Å². The summed E-state index contributed by atoms with van der Waals surface area (Å²) in [6.07, 6.45) is 4.36. The first-order chi connectivity index (χ1) is 10.6. The molecule has 0 bridgehead atoms. The number of nitrogens with zero attached hydrogens (tertiary/aromatic N) is 1. The molecule has 1 saturated heterocycles. The molecule has 0 aliphatic carbocycles. The van der Waals surface area contributed by atoms with Gasteiger partial charge in [0, 0.05) is 36.3 Å². The summed E-state index contributed by atoms with van der Waals surface area (Å²) in [6.45, 7) is 5.02. The number of amides is 1. The molecule has 1 amide bonds. The van der Waals surface area contributed by atoms with Gasteiger partial charge < -0.3 is 15.0 Å². The highest BCUT2D eigenvalue weighted by Crippen LogP contribution is 2.25. The Kier molecular flexibility index (Phi) is 4.21. The van der Waals surface area contributed by atoms with Crippen LogP contribution < -0.4 is 0 Å². The zero-order valence-electron chi connectivity index (χ0n) is 13.3. The van der Waals surface area contributed by atoms with Crippen LogP contribution in [0.2, 0.25) is 0 Å². The third-order valence-corrected chi connectivity index (χ3v) is 4.91. The maximum Gasteiger partial charge on any atom is 0.227 e. The van der Waals surface area contributed by atoms with Gasteiger partial charge in [-0.25, -0.2) is 0 Å². The van der Waals surface area contributed by atoms with Crippen molar-refractivity contribution in [3.8, 4) is 0 Å². The number of rotatable bonds is 3. The predicted molar refractivity (Wildman–Crippen MR) is 87.7 cm³/mol. The van der Waals surface area contributed by atoms with Gasteiger partial charge in [-0.05, 0) is 43.7 Å². The highest BCUT2D eigenvalue weighted by atomic mass is 16.3. The molecule has 118 valence electrons. The molecule has 3 rings (SSSR count). The lowest BCUT2D eigenvalue weighted by Gasteiger charge is -2.37. The number of aryl methyl sites for hydroxylation is 1. The van der Waals surface area contributed by atoms with Gasteiger partial charge in [0.1, 0.15) is 0 Å². The standard InChI is InChI=1S/C18H24N2O2/c1-12-4-3-5-16-15(9-19-18(12)16)8-17(22)20-10-14(11-21)7-6-13(20)2/h3-5,9,13-14,19,21H,6-8,10-11H2,1-2H3. The Morgan fingerprint density at radius 3 is 3.00 bits per heavy atom. The van der Waals surface area contributed by atoms with Crippen LogP contribution in [0.5, 0.6) is 0 Å². The summed E-state index contributed by atoms with van der Waals surface area (Å²) in [7, 11) is 0. The summed E-state index contributed by atoms with van der Waals surface area (Å²) < 4.78 is 0. The molecule has 0 radical (unpaired) electrons. The van der Waals surface area contributed by atoms with Gasteiger partial charge in [0.25, 0.3) is 0 Å². The third-order valence-electron chi connectivity index (χ3n) is 4.91. The average Bonchev–Trinajstić information content (AvgIpc) is 2.92. The monoisotopic (exact) mass is 300 g/mol. The number of para-hydroxylation sites is 1. The molecule has 2 N–H and O–H groups in total.